The van der Waals surface area contributed by atoms with Gasteiger partial charge in [-0.1, -0.05) is 0 Å². The summed E-state index contributed by atoms with van der Waals surface area (Å²) in [5.41, 5.74) is 0.355. The maximum atomic E-state index is 11.8. The number of furan rings is 1. The number of hydrogen-bond donors (Lipinski definition) is 0. The monoisotopic (exact) mass is 329 g/mol. The molecular weight excluding hydrogens is 326 g/mol. The predicted molar refractivity (Wildman–Crippen MR) is 61.8 cm³/mol. The van der Waals surface area contributed by atoms with Crippen LogP contribution in [-0.2, 0) is 0 Å². The van der Waals surface area contributed by atoms with E-state index < -0.39 is 0 Å². The van der Waals surface area contributed by atoms with E-state index in [0.717, 1.165) is 4.47 Å². The van der Waals surface area contributed by atoms with Gasteiger partial charge < -0.3 is 4.42 Å². The van der Waals surface area contributed by atoms with Crippen molar-refractivity contribution < 1.29 is 9.21 Å². The number of rotatable bonds is 2. The van der Waals surface area contributed by atoms with Gasteiger partial charge in [-0.25, -0.2) is 0 Å². The fraction of sp³-hybridized carbons (Fsp3) is 0. The Morgan fingerprint density at radius 3 is 2.60 bits per heavy atom. The maximum Gasteiger partial charge on any atom is 0.247 e. The first-order valence-electron chi connectivity index (χ1n) is 4.08. The Hall–Kier alpha value is -0.940. The third-order valence-electron chi connectivity index (χ3n) is 1.78. The largest absolute Gasteiger partial charge is 0.460 e. The van der Waals surface area contributed by atoms with Crippen LogP contribution in [-0.4, -0.2) is 10.8 Å². The summed E-state index contributed by atoms with van der Waals surface area (Å²) >= 11 is 6.48. The van der Waals surface area contributed by atoms with Crippen LogP contribution >= 0.6 is 31.9 Å². The second-order valence-electron chi connectivity index (χ2n) is 2.79. The molecule has 2 heterocycles. The van der Waals surface area contributed by atoms with Crippen molar-refractivity contribution in [1.82, 2.24) is 4.98 Å². The Kier molecular flexibility index (Phi) is 3.02. The first-order valence-corrected chi connectivity index (χ1v) is 5.66. The second-order valence-corrected chi connectivity index (χ2v) is 4.56. The third-order valence-corrected chi connectivity index (χ3v) is 2.88. The molecule has 0 spiro atoms. The van der Waals surface area contributed by atoms with Crippen molar-refractivity contribution in [3.63, 3.8) is 0 Å². The number of hydrogen-bond acceptors (Lipinski definition) is 3. The van der Waals surface area contributed by atoms with Gasteiger partial charge in [-0.15, -0.1) is 0 Å². The minimum atomic E-state index is -0.237. The molecule has 0 saturated carbocycles. The van der Waals surface area contributed by atoms with Crippen LogP contribution in [0.5, 0.6) is 0 Å². The number of carbonyl (C=O) groups is 1. The zero-order chi connectivity index (χ0) is 10.8. The van der Waals surface area contributed by atoms with E-state index in [2.05, 4.69) is 36.8 Å². The zero-order valence-electron chi connectivity index (χ0n) is 7.41. The van der Waals surface area contributed by atoms with E-state index in [1.807, 2.05) is 0 Å². The van der Waals surface area contributed by atoms with E-state index in [1.165, 1.54) is 6.26 Å². The fourth-order valence-corrected chi connectivity index (χ4v) is 1.70. The quantitative estimate of drug-likeness (QED) is 0.792. The lowest BCUT2D eigenvalue weighted by molar-refractivity contribution is 0.100. The highest BCUT2D eigenvalue weighted by molar-refractivity contribution is 9.10. The number of pyridine rings is 1. The number of ketones is 1. The lowest BCUT2D eigenvalue weighted by atomic mass is 10.2. The minimum absolute atomic E-state index is 0.237. The van der Waals surface area contributed by atoms with Crippen LogP contribution < -0.4 is 0 Å². The van der Waals surface area contributed by atoms with Crippen molar-refractivity contribution in [2.45, 2.75) is 0 Å². The molecule has 2 aromatic heterocycles. The highest BCUT2D eigenvalue weighted by Gasteiger charge is 2.16. The van der Waals surface area contributed by atoms with E-state index in [4.69, 9.17) is 4.42 Å². The molecule has 0 N–H and O–H groups in total. The minimum Gasteiger partial charge on any atom is -0.460 e. The van der Waals surface area contributed by atoms with Gasteiger partial charge in [-0.05, 0) is 50.1 Å². The summed E-state index contributed by atoms with van der Waals surface area (Å²) < 4.78 is 6.53. The molecule has 3 nitrogen and oxygen atoms in total. The normalized spacial score (nSPS) is 10.3. The SMILES string of the molecule is O=C(c1ccc(Br)cn1)c1occc1Br. The third kappa shape index (κ3) is 2.18. The molecule has 0 saturated heterocycles. The Morgan fingerprint density at radius 1 is 1.27 bits per heavy atom. The molecule has 2 rings (SSSR count). The van der Waals surface area contributed by atoms with Crippen molar-refractivity contribution >= 4 is 37.6 Å². The van der Waals surface area contributed by atoms with Gasteiger partial charge in [-0.3, -0.25) is 9.78 Å². The van der Waals surface area contributed by atoms with Gasteiger partial charge in [0.15, 0.2) is 5.76 Å². The van der Waals surface area contributed by atoms with Crippen molar-refractivity contribution in [3.05, 3.63) is 51.1 Å². The molecule has 0 bridgehead atoms. The first kappa shape index (κ1) is 10.6. The number of nitrogens with zero attached hydrogens (tertiary/aromatic N) is 1. The molecule has 15 heavy (non-hydrogen) atoms. The van der Waals surface area contributed by atoms with Gasteiger partial charge in [0, 0.05) is 10.7 Å². The standard InChI is InChI=1S/C10H5Br2NO2/c11-6-1-2-8(13-5-6)9(14)10-7(12)3-4-15-10/h1-5H. The van der Waals surface area contributed by atoms with Crippen molar-refractivity contribution in [2.75, 3.05) is 0 Å². The highest BCUT2D eigenvalue weighted by atomic mass is 79.9. The number of halogens is 2. The Morgan fingerprint density at radius 2 is 2.07 bits per heavy atom. The lowest BCUT2D eigenvalue weighted by Gasteiger charge is -1.97. The van der Waals surface area contributed by atoms with Gasteiger partial charge >= 0.3 is 0 Å². The van der Waals surface area contributed by atoms with E-state index in [0.29, 0.717) is 10.2 Å². The molecule has 0 aromatic carbocycles. The molecule has 0 aliphatic heterocycles. The molecule has 0 amide bonds. The van der Waals surface area contributed by atoms with Crippen molar-refractivity contribution in [1.29, 1.82) is 0 Å². The Balaban J connectivity index is 2.37. The average Bonchev–Trinajstić information content (AvgIpc) is 2.65. The molecule has 0 aliphatic rings. The summed E-state index contributed by atoms with van der Waals surface area (Å²) in [5.74, 6) is 0.0317. The highest BCUT2D eigenvalue weighted by Crippen LogP contribution is 2.20. The molecule has 0 aliphatic carbocycles. The zero-order valence-corrected chi connectivity index (χ0v) is 10.6. The summed E-state index contributed by atoms with van der Waals surface area (Å²) in [5, 5.41) is 0. The Bertz CT molecular complexity index is 490. The maximum absolute atomic E-state index is 11.8. The van der Waals surface area contributed by atoms with E-state index in [-0.39, 0.29) is 11.5 Å². The van der Waals surface area contributed by atoms with Crippen LogP contribution in [0.4, 0.5) is 0 Å². The van der Waals surface area contributed by atoms with Crippen molar-refractivity contribution in [2.24, 2.45) is 0 Å². The molecule has 76 valence electrons. The molecule has 5 heteroatoms. The van der Waals surface area contributed by atoms with Gasteiger partial charge in [0.05, 0.1) is 10.7 Å². The summed E-state index contributed by atoms with van der Waals surface area (Å²) in [4.78, 5) is 15.8. The number of aromatic nitrogens is 1. The van der Waals surface area contributed by atoms with Crippen LogP contribution in [0.2, 0.25) is 0 Å². The average molecular weight is 331 g/mol. The molecule has 2 aromatic rings. The first-order chi connectivity index (χ1) is 7.18. The predicted octanol–water partition coefficient (Wildman–Crippen LogP) is 3.43. The van der Waals surface area contributed by atoms with Gasteiger partial charge in [0.25, 0.3) is 0 Å². The van der Waals surface area contributed by atoms with Crippen molar-refractivity contribution in [3.8, 4) is 0 Å². The van der Waals surface area contributed by atoms with Crippen LogP contribution in [0.3, 0.4) is 0 Å². The fourth-order valence-electron chi connectivity index (χ4n) is 1.08. The summed E-state index contributed by atoms with van der Waals surface area (Å²) in [6.45, 7) is 0. The van der Waals surface area contributed by atoms with E-state index in [9.17, 15) is 4.79 Å². The van der Waals surface area contributed by atoms with E-state index >= 15 is 0 Å². The van der Waals surface area contributed by atoms with Crippen LogP contribution in [0.15, 0.2) is 44.0 Å². The summed E-state index contributed by atoms with van der Waals surface area (Å²) in [6.07, 6.45) is 3.03. The lowest BCUT2D eigenvalue weighted by Crippen LogP contribution is -2.02. The van der Waals surface area contributed by atoms with Gasteiger partial charge in [0.1, 0.15) is 5.69 Å². The van der Waals surface area contributed by atoms with E-state index in [1.54, 1.807) is 24.4 Å². The molecule has 0 atom stereocenters. The smallest absolute Gasteiger partial charge is 0.247 e. The summed E-state index contributed by atoms with van der Waals surface area (Å²) in [7, 11) is 0. The second kappa shape index (κ2) is 4.28. The van der Waals surface area contributed by atoms with Crippen LogP contribution in [0.25, 0.3) is 0 Å². The molecule has 0 unspecified atom stereocenters. The van der Waals surface area contributed by atoms with Crippen LogP contribution in [0, 0.1) is 0 Å². The molecular formula is C10H5Br2NO2. The molecule has 0 radical (unpaired) electrons. The molecule has 0 fully saturated rings. The Labute approximate surface area is 103 Å². The van der Waals surface area contributed by atoms with Gasteiger partial charge in [0.2, 0.25) is 5.78 Å². The van der Waals surface area contributed by atoms with Crippen LogP contribution in [0.1, 0.15) is 16.2 Å². The number of carbonyl (C=O) groups excluding carboxylic acids is 1. The summed E-state index contributed by atoms with van der Waals surface area (Å²) in [6, 6.07) is 5.07. The topological polar surface area (TPSA) is 43.1 Å². The van der Waals surface area contributed by atoms with Gasteiger partial charge in [-0.2, -0.15) is 0 Å².